The third-order valence-electron chi connectivity index (χ3n) is 4.37. The lowest BCUT2D eigenvalue weighted by molar-refractivity contribution is 0.592. The van der Waals surface area contributed by atoms with Crippen molar-refractivity contribution in [1.82, 2.24) is 15.1 Å². The number of aromatic nitrogens is 2. The molecule has 3 rings (SSSR count). The number of hydrogen-bond acceptors (Lipinski definition) is 2. The Hall–Kier alpha value is -1.61. The summed E-state index contributed by atoms with van der Waals surface area (Å²) < 4.78 is 2.18. The molecule has 0 radical (unpaired) electrons. The van der Waals surface area contributed by atoms with Gasteiger partial charge in [0, 0.05) is 18.3 Å². The summed E-state index contributed by atoms with van der Waals surface area (Å²) in [7, 11) is 0. The van der Waals surface area contributed by atoms with E-state index in [4.69, 9.17) is 5.10 Å². The van der Waals surface area contributed by atoms with Crippen LogP contribution in [0.1, 0.15) is 35.4 Å². The Labute approximate surface area is 127 Å². The smallest absolute Gasteiger partial charge is 0.0628 e. The van der Waals surface area contributed by atoms with Crippen LogP contribution in [0.2, 0.25) is 0 Å². The average molecular weight is 283 g/mol. The van der Waals surface area contributed by atoms with Crippen molar-refractivity contribution in [3.05, 3.63) is 52.8 Å². The predicted octanol–water partition coefficient (Wildman–Crippen LogP) is 3.04. The van der Waals surface area contributed by atoms with E-state index in [0.717, 1.165) is 32.0 Å². The van der Waals surface area contributed by atoms with Gasteiger partial charge in [0.2, 0.25) is 0 Å². The number of benzene rings is 1. The van der Waals surface area contributed by atoms with Crippen LogP contribution in [0.15, 0.2) is 30.3 Å². The minimum atomic E-state index is 0.790. The number of aryl methyl sites for hydroxylation is 3. The number of rotatable bonds is 7. The van der Waals surface area contributed by atoms with E-state index in [9.17, 15) is 0 Å². The fraction of sp³-hybridized carbons (Fsp3) is 0.500. The van der Waals surface area contributed by atoms with Gasteiger partial charge in [0.25, 0.3) is 0 Å². The van der Waals surface area contributed by atoms with Gasteiger partial charge in [-0.15, -0.1) is 0 Å². The molecule has 3 nitrogen and oxygen atoms in total. The molecule has 2 aromatic rings. The molecular formula is C18H25N3. The van der Waals surface area contributed by atoms with Crippen molar-refractivity contribution in [2.24, 2.45) is 0 Å². The van der Waals surface area contributed by atoms with Gasteiger partial charge in [-0.2, -0.15) is 5.10 Å². The first-order valence-electron chi connectivity index (χ1n) is 8.04. The van der Waals surface area contributed by atoms with Crippen molar-refractivity contribution in [3.63, 3.8) is 0 Å². The normalized spacial score (nSPS) is 14.6. The molecule has 0 spiro atoms. The van der Waals surface area contributed by atoms with E-state index in [-0.39, 0.29) is 0 Å². The van der Waals surface area contributed by atoms with E-state index in [1.54, 1.807) is 0 Å². The van der Waals surface area contributed by atoms with Gasteiger partial charge in [-0.3, -0.25) is 4.68 Å². The van der Waals surface area contributed by atoms with Crippen molar-refractivity contribution in [1.29, 1.82) is 0 Å². The average Bonchev–Trinajstić information content (AvgIpc) is 3.28. The van der Waals surface area contributed by atoms with Crippen molar-refractivity contribution in [3.8, 4) is 0 Å². The highest BCUT2D eigenvalue weighted by Gasteiger charge is 2.20. The molecule has 0 saturated heterocycles. The van der Waals surface area contributed by atoms with Gasteiger partial charge in [-0.1, -0.05) is 30.3 Å². The highest BCUT2D eigenvalue weighted by Crippen LogP contribution is 2.19. The first-order chi connectivity index (χ1) is 10.2. The fourth-order valence-corrected chi connectivity index (χ4v) is 2.88. The third kappa shape index (κ3) is 3.73. The van der Waals surface area contributed by atoms with Gasteiger partial charge in [-0.05, 0) is 57.2 Å². The van der Waals surface area contributed by atoms with E-state index < -0.39 is 0 Å². The summed E-state index contributed by atoms with van der Waals surface area (Å²) in [5.41, 5.74) is 5.33. The van der Waals surface area contributed by atoms with Gasteiger partial charge in [0.05, 0.1) is 5.69 Å². The van der Waals surface area contributed by atoms with E-state index in [0.29, 0.717) is 0 Å². The molecule has 1 heterocycles. The fourth-order valence-electron chi connectivity index (χ4n) is 2.88. The Morgan fingerprint density at radius 1 is 1.14 bits per heavy atom. The Bertz CT molecular complexity index is 582. The molecule has 3 heteroatoms. The maximum absolute atomic E-state index is 4.73. The molecule has 1 saturated carbocycles. The molecule has 1 aromatic heterocycles. The second-order valence-corrected chi connectivity index (χ2v) is 6.09. The van der Waals surface area contributed by atoms with Gasteiger partial charge < -0.3 is 5.32 Å². The van der Waals surface area contributed by atoms with Crippen LogP contribution in [-0.4, -0.2) is 22.4 Å². The summed E-state index contributed by atoms with van der Waals surface area (Å²) in [4.78, 5) is 0. The molecule has 1 aliphatic rings. The van der Waals surface area contributed by atoms with Crippen LogP contribution in [0.5, 0.6) is 0 Å². The first kappa shape index (κ1) is 14.3. The van der Waals surface area contributed by atoms with Crippen LogP contribution < -0.4 is 5.32 Å². The highest BCUT2D eigenvalue weighted by atomic mass is 15.3. The molecular weight excluding hydrogens is 258 g/mol. The number of nitrogens with one attached hydrogen (secondary N) is 1. The number of hydrogen-bond donors (Lipinski definition) is 1. The minimum absolute atomic E-state index is 0.790. The van der Waals surface area contributed by atoms with E-state index >= 15 is 0 Å². The Morgan fingerprint density at radius 2 is 1.90 bits per heavy atom. The summed E-state index contributed by atoms with van der Waals surface area (Å²) in [6.07, 6.45) is 4.85. The van der Waals surface area contributed by atoms with Crippen molar-refractivity contribution in [2.45, 2.75) is 52.1 Å². The molecule has 1 fully saturated rings. The maximum Gasteiger partial charge on any atom is 0.0628 e. The van der Waals surface area contributed by atoms with Crippen LogP contribution >= 0.6 is 0 Å². The zero-order valence-corrected chi connectivity index (χ0v) is 13.1. The molecule has 112 valence electrons. The molecule has 1 N–H and O–H groups in total. The van der Waals surface area contributed by atoms with Crippen LogP contribution in [0.4, 0.5) is 0 Å². The third-order valence-corrected chi connectivity index (χ3v) is 4.37. The Morgan fingerprint density at radius 3 is 2.62 bits per heavy atom. The molecule has 1 aromatic carbocycles. The zero-order chi connectivity index (χ0) is 14.7. The Kier molecular flexibility index (Phi) is 4.39. The standard InChI is InChI=1S/C18H25N3/c1-14-18(10-12-19-17-8-9-17)15(2)21(20-14)13-11-16-6-4-3-5-7-16/h3-7,17,19H,8-13H2,1-2H3. The van der Waals surface area contributed by atoms with Gasteiger partial charge >= 0.3 is 0 Å². The van der Waals surface area contributed by atoms with E-state index in [2.05, 4.69) is 54.2 Å². The maximum atomic E-state index is 4.73. The van der Waals surface area contributed by atoms with Crippen LogP contribution in [0, 0.1) is 13.8 Å². The monoisotopic (exact) mass is 283 g/mol. The van der Waals surface area contributed by atoms with Crippen LogP contribution in [-0.2, 0) is 19.4 Å². The van der Waals surface area contributed by atoms with Crippen LogP contribution in [0.25, 0.3) is 0 Å². The zero-order valence-electron chi connectivity index (χ0n) is 13.1. The largest absolute Gasteiger partial charge is 0.314 e. The van der Waals surface area contributed by atoms with Gasteiger partial charge in [-0.25, -0.2) is 0 Å². The Balaban J connectivity index is 1.59. The molecule has 0 bridgehead atoms. The van der Waals surface area contributed by atoms with Crippen LogP contribution in [0.3, 0.4) is 0 Å². The molecule has 0 atom stereocenters. The SMILES string of the molecule is Cc1nn(CCc2ccccc2)c(C)c1CCNC1CC1. The van der Waals surface area contributed by atoms with Crippen molar-refractivity contribution >= 4 is 0 Å². The second-order valence-electron chi connectivity index (χ2n) is 6.09. The molecule has 21 heavy (non-hydrogen) atoms. The topological polar surface area (TPSA) is 29.9 Å². The second kappa shape index (κ2) is 6.44. The van der Waals surface area contributed by atoms with Crippen molar-refractivity contribution in [2.75, 3.05) is 6.54 Å². The minimum Gasteiger partial charge on any atom is -0.314 e. The molecule has 1 aliphatic carbocycles. The lowest BCUT2D eigenvalue weighted by Gasteiger charge is -2.06. The number of nitrogens with zero attached hydrogens (tertiary/aromatic N) is 2. The summed E-state index contributed by atoms with van der Waals surface area (Å²) >= 11 is 0. The van der Waals surface area contributed by atoms with E-state index in [1.165, 1.54) is 35.4 Å². The molecule has 0 amide bonds. The first-order valence-corrected chi connectivity index (χ1v) is 8.04. The van der Waals surface area contributed by atoms with Gasteiger partial charge in [0.1, 0.15) is 0 Å². The van der Waals surface area contributed by atoms with E-state index in [1.807, 2.05) is 0 Å². The van der Waals surface area contributed by atoms with Crippen molar-refractivity contribution < 1.29 is 0 Å². The summed E-state index contributed by atoms with van der Waals surface area (Å²) in [5, 5.41) is 8.32. The molecule has 0 aliphatic heterocycles. The highest BCUT2D eigenvalue weighted by molar-refractivity contribution is 5.25. The quantitative estimate of drug-likeness (QED) is 0.846. The molecule has 0 unspecified atom stereocenters. The van der Waals surface area contributed by atoms with Gasteiger partial charge in [0.15, 0.2) is 0 Å². The predicted molar refractivity (Wildman–Crippen MR) is 86.6 cm³/mol. The summed E-state index contributed by atoms with van der Waals surface area (Å²) in [5.74, 6) is 0. The lowest BCUT2D eigenvalue weighted by Crippen LogP contribution is -2.19. The summed E-state index contributed by atoms with van der Waals surface area (Å²) in [6.45, 7) is 6.39. The lowest BCUT2D eigenvalue weighted by atomic mass is 10.1. The summed E-state index contributed by atoms with van der Waals surface area (Å²) in [6, 6.07) is 11.4.